The molecule has 4 nitrogen and oxygen atoms in total. The molecule has 0 saturated carbocycles. The highest BCUT2D eigenvalue weighted by atomic mass is 19.1. The topological polar surface area (TPSA) is 38.8 Å². The van der Waals surface area contributed by atoms with E-state index in [0.717, 1.165) is 18.9 Å². The molecule has 1 saturated heterocycles. The van der Waals surface area contributed by atoms with Crippen molar-refractivity contribution in [3.63, 3.8) is 0 Å². The molecule has 25 heavy (non-hydrogen) atoms. The molecule has 6 heteroatoms. The number of benzene rings is 1. The van der Waals surface area contributed by atoms with E-state index in [1.54, 1.807) is 4.90 Å². The van der Waals surface area contributed by atoms with Crippen molar-refractivity contribution in [1.29, 1.82) is 0 Å². The number of amides is 1. The van der Waals surface area contributed by atoms with Crippen LogP contribution in [0.5, 0.6) is 0 Å². The maximum atomic E-state index is 13.8. The summed E-state index contributed by atoms with van der Waals surface area (Å²) in [5.74, 6) is -1.23. The molecule has 0 bridgehead atoms. The van der Waals surface area contributed by atoms with E-state index in [4.69, 9.17) is 9.47 Å². The quantitative estimate of drug-likeness (QED) is 0.788. The Labute approximate surface area is 148 Å². The van der Waals surface area contributed by atoms with Gasteiger partial charge in [-0.05, 0) is 46.1 Å². The van der Waals surface area contributed by atoms with Crippen molar-refractivity contribution < 1.29 is 23.0 Å². The molecule has 1 aromatic rings. The third kappa shape index (κ3) is 5.39. The first-order chi connectivity index (χ1) is 11.6. The lowest BCUT2D eigenvalue weighted by Crippen LogP contribution is -2.52. The van der Waals surface area contributed by atoms with Crippen molar-refractivity contribution in [2.45, 2.75) is 64.8 Å². The molecule has 1 atom stereocenters. The Morgan fingerprint density at radius 1 is 1.32 bits per heavy atom. The first-order valence-corrected chi connectivity index (χ1v) is 8.70. The first kappa shape index (κ1) is 19.6. The molecule has 1 heterocycles. The van der Waals surface area contributed by atoms with Gasteiger partial charge in [-0.25, -0.2) is 13.6 Å². The van der Waals surface area contributed by atoms with Crippen LogP contribution in [0, 0.1) is 11.6 Å². The summed E-state index contributed by atoms with van der Waals surface area (Å²) < 4.78 is 38.3. The summed E-state index contributed by atoms with van der Waals surface area (Å²) >= 11 is 0. The molecule has 140 valence electrons. The Hall–Kier alpha value is -1.69. The summed E-state index contributed by atoms with van der Waals surface area (Å²) in [6.45, 7) is 8.54. The van der Waals surface area contributed by atoms with E-state index >= 15 is 0 Å². The van der Waals surface area contributed by atoms with E-state index in [0.29, 0.717) is 25.1 Å². The van der Waals surface area contributed by atoms with Crippen molar-refractivity contribution in [2.24, 2.45) is 0 Å². The largest absolute Gasteiger partial charge is 0.444 e. The summed E-state index contributed by atoms with van der Waals surface area (Å²) in [6.07, 6.45) is 1.90. The Balaban J connectivity index is 2.04. The van der Waals surface area contributed by atoms with Crippen LogP contribution in [0.2, 0.25) is 0 Å². The van der Waals surface area contributed by atoms with Gasteiger partial charge in [0, 0.05) is 18.2 Å². The average molecular weight is 355 g/mol. The Bertz CT molecular complexity index is 615. The molecule has 1 aromatic carbocycles. The zero-order chi connectivity index (χ0) is 18.7. The van der Waals surface area contributed by atoms with Crippen LogP contribution in [-0.4, -0.2) is 35.3 Å². The molecule has 0 aromatic heterocycles. The van der Waals surface area contributed by atoms with Gasteiger partial charge in [0.15, 0.2) is 0 Å². The minimum absolute atomic E-state index is 0.0438. The van der Waals surface area contributed by atoms with Gasteiger partial charge in [-0.2, -0.15) is 0 Å². The highest BCUT2D eigenvalue weighted by molar-refractivity contribution is 5.68. The van der Waals surface area contributed by atoms with Gasteiger partial charge in [0.1, 0.15) is 17.2 Å². The zero-order valence-corrected chi connectivity index (χ0v) is 15.4. The van der Waals surface area contributed by atoms with E-state index in [1.807, 2.05) is 27.7 Å². The fourth-order valence-electron chi connectivity index (χ4n) is 2.96. The molecule has 0 N–H and O–H groups in total. The van der Waals surface area contributed by atoms with Crippen molar-refractivity contribution >= 4 is 6.09 Å². The first-order valence-electron chi connectivity index (χ1n) is 8.70. The molecule has 1 unspecified atom stereocenters. The number of rotatable bonds is 4. The number of likely N-dealkylation sites (tertiary alicyclic amines) is 1. The molecule has 1 fully saturated rings. The molecule has 1 aliphatic heterocycles. The number of halogens is 2. The third-order valence-electron chi connectivity index (χ3n) is 4.38. The van der Waals surface area contributed by atoms with Crippen LogP contribution in [0.15, 0.2) is 18.2 Å². The van der Waals surface area contributed by atoms with Gasteiger partial charge in [0.05, 0.1) is 18.8 Å². The van der Waals surface area contributed by atoms with Gasteiger partial charge in [-0.15, -0.1) is 0 Å². The fourth-order valence-corrected chi connectivity index (χ4v) is 2.96. The predicted molar refractivity (Wildman–Crippen MR) is 91.2 cm³/mol. The summed E-state index contributed by atoms with van der Waals surface area (Å²) in [7, 11) is 0. The maximum absolute atomic E-state index is 13.8. The molecule has 0 aliphatic carbocycles. The van der Waals surface area contributed by atoms with E-state index < -0.39 is 22.8 Å². The Morgan fingerprint density at radius 2 is 2.04 bits per heavy atom. The fraction of sp³-hybridized carbons (Fsp3) is 0.632. The second kappa shape index (κ2) is 7.68. The average Bonchev–Trinajstić information content (AvgIpc) is 2.52. The second-order valence-corrected chi connectivity index (χ2v) is 7.57. The molecule has 0 radical (unpaired) electrons. The van der Waals surface area contributed by atoms with Crippen LogP contribution in [0.25, 0.3) is 0 Å². The van der Waals surface area contributed by atoms with Crippen LogP contribution in [0.4, 0.5) is 13.6 Å². The Morgan fingerprint density at radius 3 is 2.64 bits per heavy atom. The van der Waals surface area contributed by atoms with Crippen LogP contribution in [-0.2, 0) is 16.1 Å². The molecular weight excluding hydrogens is 328 g/mol. The van der Waals surface area contributed by atoms with Crippen molar-refractivity contribution in [3.8, 4) is 0 Å². The minimum atomic E-state index is -0.619. The number of hydrogen-bond acceptors (Lipinski definition) is 3. The van der Waals surface area contributed by atoms with Crippen molar-refractivity contribution in [1.82, 2.24) is 4.90 Å². The van der Waals surface area contributed by atoms with Crippen molar-refractivity contribution in [2.75, 3.05) is 13.1 Å². The van der Waals surface area contributed by atoms with Gasteiger partial charge < -0.3 is 14.4 Å². The van der Waals surface area contributed by atoms with Crippen LogP contribution in [0.1, 0.15) is 52.5 Å². The van der Waals surface area contributed by atoms with Gasteiger partial charge >= 0.3 is 6.09 Å². The number of hydrogen-bond donors (Lipinski definition) is 0. The predicted octanol–water partition coefficient (Wildman–Crippen LogP) is 4.66. The number of nitrogens with zero attached hydrogens (tertiary/aromatic N) is 1. The van der Waals surface area contributed by atoms with Gasteiger partial charge in [0.2, 0.25) is 0 Å². The molecular formula is C19H27F2NO3. The maximum Gasteiger partial charge on any atom is 0.410 e. The van der Waals surface area contributed by atoms with Crippen LogP contribution >= 0.6 is 0 Å². The second-order valence-electron chi connectivity index (χ2n) is 7.57. The standard InChI is InChI=1S/C19H27F2NO3/c1-5-19(24-12-14-7-8-15(20)11-16(14)21)9-6-10-22(13-19)17(23)25-18(2,3)4/h7-8,11H,5-6,9-10,12-13H2,1-4H3. The molecule has 0 spiro atoms. The van der Waals surface area contributed by atoms with Crippen LogP contribution in [0.3, 0.4) is 0 Å². The van der Waals surface area contributed by atoms with E-state index in [9.17, 15) is 13.6 Å². The monoisotopic (exact) mass is 355 g/mol. The van der Waals surface area contributed by atoms with Crippen molar-refractivity contribution in [3.05, 3.63) is 35.4 Å². The lowest BCUT2D eigenvalue weighted by molar-refractivity contribution is -0.102. The highest BCUT2D eigenvalue weighted by Crippen LogP contribution is 2.30. The zero-order valence-electron chi connectivity index (χ0n) is 15.4. The number of piperidine rings is 1. The Kier molecular flexibility index (Phi) is 6.03. The smallest absolute Gasteiger partial charge is 0.410 e. The molecule has 1 amide bonds. The van der Waals surface area contributed by atoms with E-state index in [1.165, 1.54) is 12.1 Å². The summed E-state index contributed by atoms with van der Waals surface area (Å²) in [5.41, 5.74) is -0.791. The molecule has 1 aliphatic rings. The number of carbonyl (C=O) groups is 1. The lowest BCUT2D eigenvalue weighted by Gasteiger charge is -2.42. The van der Waals surface area contributed by atoms with Gasteiger partial charge in [-0.1, -0.05) is 13.0 Å². The third-order valence-corrected chi connectivity index (χ3v) is 4.38. The molecule has 2 rings (SSSR count). The minimum Gasteiger partial charge on any atom is -0.444 e. The lowest BCUT2D eigenvalue weighted by atomic mass is 9.90. The van der Waals surface area contributed by atoms with Gasteiger partial charge in [0.25, 0.3) is 0 Å². The summed E-state index contributed by atoms with van der Waals surface area (Å²) in [6, 6.07) is 3.46. The van der Waals surface area contributed by atoms with Crippen LogP contribution < -0.4 is 0 Å². The summed E-state index contributed by atoms with van der Waals surface area (Å²) in [5, 5.41) is 0. The SMILES string of the molecule is CCC1(OCc2ccc(F)cc2F)CCCN(C(=O)OC(C)(C)C)C1. The van der Waals surface area contributed by atoms with E-state index in [2.05, 4.69) is 0 Å². The number of carbonyl (C=O) groups excluding carboxylic acids is 1. The summed E-state index contributed by atoms with van der Waals surface area (Å²) in [4.78, 5) is 14.0. The normalized spacial score (nSPS) is 21.3. The van der Waals surface area contributed by atoms with Gasteiger partial charge in [-0.3, -0.25) is 0 Å². The number of ether oxygens (including phenoxy) is 2. The van der Waals surface area contributed by atoms with E-state index in [-0.39, 0.29) is 12.7 Å². The highest BCUT2D eigenvalue weighted by Gasteiger charge is 2.38.